The van der Waals surface area contributed by atoms with E-state index in [1.54, 1.807) is 0 Å². The second-order valence-electron chi connectivity index (χ2n) is 2.10. The summed E-state index contributed by atoms with van der Waals surface area (Å²) >= 11 is 0. The first-order valence-electron chi connectivity index (χ1n) is 2.46. The predicted molar refractivity (Wildman–Crippen MR) is 37.9 cm³/mol. The summed E-state index contributed by atoms with van der Waals surface area (Å²) in [5, 5.41) is 7.26. The van der Waals surface area contributed by atoms with E-state index in [9.17, 15) is 4.79 Å². The highest BCUT2D eigenvalue weighted by Crippen LogP contribution is 1.98. The molecule has 0 aliphatic heterocycles. The van der Waals surface area contributed by atoms with Gasteiger partial charge in [-0.3, -0.25) is 4.79 Å². The maximum Gasteiger partial charge on any atom is 0.320 e. The maximum absolute atomic E-state index is 10.2. The van der Waals surface area contributed by atoms with Crippen LogP contribution in [0.1, 0.15) is 6.42 Å². The molecule has 0 saturated carbocycles. The summed E-state index contributed by atoms with van der Waals surface area (Å²) in [4.78, 5) is 10.2. The molecule has 0 aromatic carbocycles. The molecule has 4 heteroatoms. The molecule has 0 unspecified atom stereocenters. The first kappa shape index (κ1) is 8.21. The van der Waals surface area contributed by atoms with Crippen molar-refractivity contribution in [1.82, 2.24) is 0 Å². The molecule has 3 nitrogen and oxygen atoms in total. The van der Waals surface area contributed by atoms with Crippen LogP contribution in [0.2, 0.25) is 0 Å². The van der Waals surface area contributed by atoms with Crippen LogP contribution in [0.25, 0.3) is 0 Å². The Hall–Kier alpha value is -0.793. The standard InChI is InChI=1S/C5H9NO2Si/c1-2-3-5(6,9)4(7)8/h1H,3,6H2,9H3,(H,7,8)/t5-/m0/s1. The summed E-state index contributed by atoms with van der Waals surface area (Å²) in [6.45, 7) is 0. The second kappa shape index (κ2) is 2.67. The van der Waals surface area contributed by atoms with Gasteiger partial charge in [0.05, 0.1) is 0 Å². The Morgan fingerprint density at radius 1 is 2.00 bits per heavy atom. The molecule has 0 aliphatic rings. The monoisotopic (exact) mass is 143 g/mol. The molecule has 0 aromatic heterocycles. The second-order valence-corrected chi connectivity index (χ2v) is 3.89. The van der Waals surface area contributed by atoms with Gasteiger partial charge in [0.25, 0.3) is 0 Å². The van der Waals surface area contributed by atoms with Crippen molar-refractivity contribution in [1.29, 1.82) is 0 Å². The summed E-state index contributed by atoms with van der Waals surface area (Å²) in [5.41, 5.74) is 5.29. The molecule has 0 fully saturated rings. The molecule has 0 amide bonds. The highest BCUT2D eigenvalue weighted by atomic mass is 28.1. The van der Waals surface area contributed by atoms with Crippen molar-refractivity contribution >= 4 is 16.2 Å². The largest absolute Gasteiger partial charge is 0.480 e. The average molecular weight is 143 g/mol. The van der Waals surface area contributed by atoms with E-state index in [1.165, 1.54) is 0 Å². The normalized spacial score (nSPS) is 16.0. The maximum atomic E-state index is 10.2. The van der Waals surface area contributed by atoms with E-state index in [2.05, 4.69) is 5.92 Å². The number of aliphatic carboxylic acids is 1. The van der Waals surface area contributed by atoms with Gasteiger partial charge in [-0.2, -0.15) is 0 Å². The molecule has 0 radical (unpaired) electrons. The van der Waals surface area contributed by atoms with Crippen LogP contribution in [0, 0.1) is 12.3 Å². The third kappa shape index (κ3) is 2.31. The van der Waals surface area contributed by atoms with Crippen molar-refractivity contribution in [3.63, 3.8) is 0 Å². The van der Waals surface area contributed by atoms with Crippen molar-refractivity contribution < 1.29 is 9.90 Å². The predicted octanol–water partition coefficient (Wildman–Crippen LogP) is -1.89. The summed E-state index contributed by atoms with van der Waals surface area (Å²) in [7, 11) is 0.378. The van der Waals surface area contributed by atoms with Crippen molar-refractivity contribution in [3.05, 3.63) is 0 Å². The van der Waals surface area contributed by atoms with Gasteiger partial charge in [0.15, 0.2) is 0 Å². The fourth-order valence-electron chi connectivity index (χ4n) is 0.288. The summed E-state index contributed by atoms with van der Waals surface area (Å²) in [5.74, 6) is 1.21. The molecule has 3 N–H and O–H groups in total. The Bertz CT molecular complexity index is 159. The van der Waals surface area contributed by atoms with Gasteiger partial charge in [-0.1, -0.05) is 0 Å². The summed E-state index contributed by atoms with van der Waals surface area (Å²) in [6.07, 6.45) is 5.00. The molecule has 0 aromatic rings. The molecular weight excluding hydrogens is 134 g/mol. The molecule has 0 aliphatic carbocycles. The van der Waals surface area contributed by atoms with E-state index < -0.39 is 11.1 Å². The van der Waals surface area contributed by atoms with Crippen molar-refractivity contribution in [2.45, 2.75) is 11.6 Å². The van der Waals surface area contributed by atoms with Crippen LogP contribution in [-0.4, -0.2) is 26.5 Å². The quantitative estimate of drug-likeness (QED) is 0.351. The third-order valence-corrected chi connectivity index (χ3v) is 1.74. The van der Waals surface area contributed by atoms with E-state index >= 15 is 0 Å². The van der Waals surface area contributed by atoms with Crippen LogP contribution in [0.3, 0.4) is 0 Å². The van der Waals surface area contributed by atoms with Crippen LogP contribution < -0.4 is 5.73 Å². The van der Waals surface area contributed by atoms with Crippen LogP contribution in [0.4, 0.5) is 0 Å². The van der Waals surface area contributed by atoms with E-state index in [4.69, 9.17) is 17.3 Å². The van der Waals surface area contributed by atoms with Crippen LogP contribution in [0.15, 0.2) is 0 Å². The molecule has 1 atom stereocenters. The number of terminal acetylenes is 1. The number of carboxylic acid groups (broad SMARTS) is 1. The molecular formula is C5H9NO2Si. The topological polar surface area (TPSA) is 63.3 Å². The zero-order valence-corrected chi connectivity index (χ0v) is 7.22. The fraction of sp³-hybridized carbons (Fsp3) is 0.400. The van der Waals surface area contributed by atoms with Gasteiger partial charge in [-0.25, -0.2) is 0 Å². The van der Waals surface area contributed by atoms with E-state index in [-0.39, 0.29) is 6.42 Å². The zero-order valence-electron chi connectivity index (χ0n) is 5.22. The molecule has 50 valence electrons. The SMILES string of the molecule is C#CC[C@](N)([SiH3])C(=O)O. The Morgan fingerprint density at radius 3 is 2.56 bits per heavy atom. The molecule has 0 bridgehead atoms. The minimum absolute atomic E-state index is 0.120. The lowest BCUT2D eigenvalue weighted by Gasteiger charge is -2.14. The Labute approximate surface area is 56.7 Å². The third-order valence-electron chi connectivity index (χ3n) is 0.958. The summed E-state index contributed by atoms with van der Waals surface area (Å²) in [6, 6.07) is 0. The molecule has 9 heavy (non-hydrogen) atoms. The van der Waals surface area contributed by atoms with Gasteiger partial charge < -0.3 is 10.8 Å². The molecule has 0 rings (SSSR count). The van der Waals surface area contributed by atoms with Gasteiger partial charge in [0, 0.05) is 16.7 Å². The van der Waals surface area contributed by atoms with Crippen molar-refractivity contribution in [2.24, 2.45) is 5.73 Å². The van der Waals surface area contributed by atoms with E-state index in [0.717, 1.165) is 0 Å². The first-order chi connectivity index (χ1) is 4.00. The highest BCUT2D eigenvalue weighted by molar-refractivity contribution is 6.26. The van der Waals surface area contributed by atoms with Gasteiger partial charge in [-0.15, -0.1) is 12.3 Å². The fourth-order valence-corrected chi connectivity index (χ4v) is 0.492. The molecule has 0 saturated heterocycles. The summed E-state index contributed by atoms with van der Waals surface area (Å²) < 4.78 is 0. The van der Waals surface area contributed by atoms with E-state index in [0.29, 0.717) is 10.2 Å². The lowest BCUT2D eigenvalue weighted by molar-refractivity contribution is -0.139. The van der Waals surface area contributed by atoms with Crippen molar-refractivity contribution in [2.75, 3.05) is 0 Å². The highest BCUT2D eigenvalue weighted by Gasteiger charge is 2.25. The zero-order chi connectivity index (χ0) is 7.49. The number of nitrogens with two attached hydrogens (primary N) is 1. The number of hydrogen-bond acceptors (Lipinski definition) is 2. The van der Waals surface area contributed by atoms with Gasteiger partial charge in [-0.05, 0) is 0 Å². The Morgan fingerprint density at radius 2 is 2.44 bits per heavy atom. The minimum Gasteiger partial charge on any atom is -0.480 e. The number of carboxylic acids is 1. The van der Waals surface area contributed by atoms with Gasteiger partial charge >= 0.3 is 5.97 Å². The van der Waals surface area contributed by atoms with Crippen molar-refractivity contribution in [3.8, 4) is 12.3 Å². The first-order valence-corrected chi connectivity index (χ1v) is 3.46. The molecule has 0 spiro atoms. The van der Waals surface area contributed by atoms with Crippen LogP contribution >= 0.6 is 0 Å². The average Bonchev–Trinajstić information content (AvgIpc) is 1.65. The number of carbonyl (C=O) groups is 1. The minimum atomic E-state index is -1.13. The van der Waals surface area contributed by atoms with E-state index in [1.807, 2.05) is 0 Å². The lowest BCUT2D eigenvalue weighted by Crippen LogP contribution is -2.48. The Kier molecular flexibility index (Phi) is 2.43. The molecule has 0 heterocycles. The van der Waals surface area contributed by atoms with Gasteiger partial charge in [0.2, 0.25) is 0 Å². The smallest absolute Gasteiger partial charge is 0.320 e. The van der Waals surface area contributed by atoms with Crippen LogP contribution in [-0.2, 0) is 4.79 Å². The Balaban J connectivity index is 4.06. The lowest BCUT2D eigenvalue weighted by atomic mass is 10.2. The van der Waals surface area contributed by atoms with Crippen LogP contribution in [0.5, 0.6) is 0 Å². The number of hydrogen-bond donors (Lipinski definition) is 2. The van der Waals surface area contributed by atoms with Gasteiger partial charge in [0.1, 0.15) is 5.16 Å². The number of rotatable bonds is 2.